The first kappa shape index (κ1) is 18.4. The number of nitrogens with zero attached hydrogens (tertiary/aromatic N) is 2. The Kier molecular flexibility index (Phi) is 4.88. The molecule has 3 aromatic rings. The summed E-state index contributed by atoms with van der Waals surface area (Å²) in [7, 11) is 0. The summed E-state index contributed by atoms with van der Waals surface area (Å²) in [5.41, 5.74) is 5.17. The molecule has 0 spiro atoms. The number of aromatic nitrogens is 1. The van der Waals surface area contributed by atoms with Gasteiger partial charge in [0, 0.05) is 36.8 Å². The van der Waals surface area contributed by atoms with Crippen molar-refractivity contribution in [3.8, 4) is 0 Å². The topological polar surface area (TPSA) is 39.3 Å². The zero-order chi connectivity index (χ0) is 19.8. The number of amides is 1. The van der Waals surface area contributed by atoms with Gasteiger partial charge in [-0.05, 0) is 85.6 Å². The number of likely N-dealkylation sites (tertiary alicyclic amines) is 1. The van der Waals surface area contributed by atoms with E-state index >= 15 is 0 Å². The van der Waals surface area contributed by atoms with Gasteiger partial charge in [-0.3, -0.25) is 4.79 Å². The summed E-state index contributed by atoms with van der Waals surface area (Å²) in [6.45, 7) is 5.96. The van der Waals surface area contributed by atoms with E-state index in [0.29, 0.717) is 11.8 Å². The van der Waals surface area contributed by atoms with E-state index in [1.165, 1.54) is 48.0 Å². The molecular weight excluding hydrogens is 358 g/mol. The standard InChI is InChI=1S/C25H29N3O/c1-18(29)28-17-22(23-4-2-3-5-25(23)28)11-15-27-13-9-19(10-14-27)20-6-7-24-21(16-20)8-12-26-24/h2-8,12,16,19,22,26H,9-11,13-15,17H2,1H3. The van der Waals surface area contributed by atoms with Gasteiger partial charge in [0.25, 0.3) is 0 Å². The molecule has 1 aromatic heterocycles. The molecular formula is C25H29N3O. The SMILES string of the molecule is CC(=O)N1CC(CCN2CCC(c3ccc4[nH]ccc4c3)CC2)c2ccccc21. The number of nitrogens with one attached hydrogen (secondary N) is 1. The lowest BCUT2D eigenvalue weighted by molar-refractivity contribution is -0.116. The summed E-state index contributed by atoms with van der Waals surface area (Å²) in [5.74, 6) is 1.29. The van der Waals surface area contributed by atoms with Gasteiger partial charge in [-0.1, -0.05) is 24.3 Å². The fourth-order valence-electron chi connectivity index (χ4n) is 5.19. The van der Waals surface area contributed by atoms with Crippen molar-refractivity contribution in [3.63, 3.8) is 0 Å². The van der Waals surface area contributed by atoms with Gasteiger partial charge in [-0.25, -0.2) is 0 Å². The van der Waals surface area contributed by atoms with Crippen molar-refractivity contribution < 1.29 is 4.79 Å². The van der Waals surface area contributed by atoms with Crippen LogP contribution in [-0.2, 0) is 4.79 Å². The highest BCUT2D eigenvalue weighted by molar-refractivity contribution is 5.94. The second-order valence-corrected chi connectivity index (χ2v) is 8.61. The number of H-pyrrole nitrogens is 1. The fourth-order valence-corrected chi connectivity index (χ4v) is 5.19. The highest BCUT2D eigenvalue weighted by atomic mass is 16.2. The van der Waals surface area contributed by atoms with Crippen molar-refractivity contribution in [1.82, 2.24) is 9.88 Å². The van der Waals surface area contributed by atoms with Crippen LogP contribution in [0.1, 0.15) is 49.1 Å². The second-order valence-electron chi connectivity index (χ2n) is 8.61. The van der Waals surface area contributed by atoms with Crippen molar-refractivity contribution in [2.75, 3.05) is 31.1 Å². The molecule has 4 nitrogen and oxygen atoms in total. The number of benzene rings is 2. The quantitative estimate of drug-likeness (QED) is 0.692. The monoisotopic (exact) mass is 387 g/mol. The van der Waals surface area contributed by atoms with E-state index in [4.69, 9.17) is 0 Å². The molecule has 1 N–H and O–H groups in total. The van der Waals surface area contributed by atoms with E-state index in [1.807, 2.05) is 17.2 Å². The lowest BCUT2D eigenvalue weighted by atomic mass is 9.88. The Morgan fingerprint density at radius 2 is 1.93 bits per heavy atom. The van der Waals surface area contributed by atoms with Crippen molar-refractivity contribution >= 4 is 22.5 Å². The molecule has 0 radical (unpaired) electrons. The Morgan fingerprint density at radius 1 is 1.10 bits per heavy atom. The summed E-state index contributed by atoms with van der Waals surface area (Å²) < 4.78 is 0. The van der Waals surface area contributed by atoms with Gasteiger partial charge in [-0.15, -0.1) is 0 Å². The predicted octanol–water partition coefficient (Wildman–Crippen LogP) is 4.89. The highest BCUT2D eigenvalue weighted by Crippen LogP contribution is 2.38. The normalized spacial score (nSPS) is 20.3. The van der Waals surface area contributed by atoms with Crippen LogP contribution in [0.3, 0.4) is 0 Å². The Hall–Kier alpha value is -2.59. The molecule has 150 valence electrons. The molecule has 2 aliphatic rings. The smallest absolute Gasteiger partial charge is 0.223 e. The van der Waals surface area contributed by atoms with Crippen LogP contribution in [0.5, 0.6) is 0 Å². The van der Waals surface area contributed by atoms with Gasteiger partial charge < -0.3 is 14.8 Å². The number of carbonyl (C=O) groups excluding carboxylic acids is 1. The van der Waals surface area contributed by atoms with E-state index < -0.39 is 0 Å². The third kappa shape index (κ3) is 3.58. The van der Waals surface area contributed by atoms with Crippen LogP contribution in [0.25, 0.3) is 10.9 Å². The lowest BCUT2D eigenvalue weighted by Gasteiger charge is -2.33. The van der Waals surface area contributed by atoms with Crippen LogP contribution < -0.4 is 4.90 Å². The average Bonchev–Trinajstić information content (AvgIpc) is 3.37. The first-order chi connectivity index (χ1) is 14.2. The van der Waals surface area contributed by atoms with E-state index in [2.05, 4.69) is 52.3 Å². The van der Waals surface area contributed by atoms with E-state index in [9.17, 15) is 4.79 Å². The molecule has 1 unspecified atom stereocenters. The van der Waals surface area contributed by atoms with Crippen LogP contribution in [0, 0.1) is 0 Å². The molecule has 0 bridgehead atoms. The van der Waals surface area contributed by atoms with E-state index in [0.717, 1.165) is 25.2 Å². The number of carbonyl (C=O) groups is 1. The largest absolute Gasteiger partial charge is 0.361 e. The van der Waals surface area contributed by atoms with Gasteiger partial charge in [0.2, 0.25) is 5.91 Å². The van der Waals surface area contributed by atoms with Crippen molar-refractivity contribution in [3.05, 3.63) is 65.9 Å². The molecule has 1 amide bonds. The summed E-state index contributed by atoms with van der Waals surface area (Å²) in [5, 5.41) is 1.32. The summed E-state index contributed by atoms with van der Waals surface area (Å²) in [6, 6.07) is 17.5. The minimum absolute atomic E-state index is 0.153. The minimum Gasteiger partial charge on any atom is -0.361 e. The zero-order valence-corrected chi connectivity index (χ0v) is 17.1. The maximum atomic E-state index is 12.0. The predicted molar refractivity (Wildman–Crippen MR) is 119 cm³/mol. The Morgan fingerprint density at radius 3 is 2.76 bits per heavy atom. The van der Waals surface area contributed by atoms with Gasteiger partial charge >= 0.3 is 0 Å². The number of hydrogen-bond donors (Lipinski definition) is 1. The van der Waals surface area contributed by atoms with Gasteiger partial charge in [-0.2, -0.15) is 0 Å². The van der Waals surface area contributed by atoms with E-state index in [-0.39, 0.29) is 5.91 Å². The van der Waals surface area contributed by atoms with Gasteiger partial charge in [0.15, 0.2) is 0 Å². The van der Waals surface area contributed by atoms with Gasteiger partial charge in [0.05, 0.1) is 0 Å². The van der Waals surface area contributed by atoms with E-state index in [1.54, 1.807) is 6.92 Å². The van der Waals surface area contributed by atoms with Crippen LogP contribution in [0.4, 0.5) is 5.69 Å². The molecule has 4 heteroatoms. The summed E-state index contributed by atoms with van der Waals surface area (Å²) in [4.78, 5) is 19.9. The third-order valence-electron chi connectivity index (χ3n) is 6.88. The first-order valence-corrected chi connectivity index (χ1v) is 10.9. The molecule has 2 aliphatic heterocycles. The third-order valence-corrected chi connectivity index (χ3v) is 6.88. The number of hydrogen-bond acceptors (Lipinski definition) is 2. The lowest BCUT2D eigenvalue weighted by Crippen LogP contribution is -2.35. The van der Waals surface area contributed by atoms with Crippen LogP contribution in [0.2, 0.25) is 0 Å². The van der Waals surface area contributed by atoms with Crippen molar-refractivity contribution in [2.24, 2.45) is 0 Å². The summed E-state index contributed by atoms with van der Waals surface area (Å²) >= 11 is 0. The Bertz CT molecular complexity index is 1020. The molecule has 1 saturated heterocycles. The maximum Gasteiger partial charge on any atom is 0.223 e. The molecule has 2 aromatic carbocycles. The molecule has 1 atom stereocenters. The fraction of sp³-hybridized carbons (Fsp3) is 0.400. The summed E-state index contributed by atoms with van der Waals surface area (Å²) in [6.07, 6.45) is 5.61. The number of piperidine rings is 1. The average molecular weight is 388 g/mol. The Labute approximate surface area is 172 Å². The number of aromatic amines is 1. The number of anilines is 1. The van der Waals surface area contributed by atoms with Crippen LogP contribution in [-0.4, -0.2) is 42.0 Å². The highest BCUT2D eigenvalue weighted by Gasteiger charge is 2.31. The van der Waals surface area contributed by atoms with Crippen LogP contribution in [0.15, 0.2) is 54.7 Å². The maximum absolute atomic E-state index is 12.0. The number of fused-ring (bicyclic) bond motifs is 2. The number of para-hydroxylation sites is 1. The second kappa shape index (κ2) is 7.68. The molecule has 5 rings (SSSR count). The number of rotatable bonds is 4. The first-order valence-electron chi connectivity index (χ1n) is 10.9. The van der Waals surface area contributed by atoms with Crippen molar-refractivity contribution in [2.45, 2.75) is 38.0 Å². The van der Waals surface area contributed by atoms with Crippen molar-refractivity contribution in [1.29, 1.82) is 0 Å². The molecule has 0 saturated carbocycles. The van der Waals surface area contributed by atoms with Gasteiger partial charge in [0.1, 0.15) is 0 Å². The molecule has 3 heterocycles. The molecule has 1 fully saturated rings. The Balaban J connectivity index is 1.18. The molecule has 29 heavy (non-hydrogen) atoms. The molecule has 0 aliphatic carbocycles. The van der Waals surface area contributed by atoms with Crippen LogP contribution >= 0.6 is 0 Å². The zero-order valence-electron chi connectivity index (χ0n) is 17.1. The minimum atomic E-state index is 0.153.